The normalized spacial score (nSPS) is 15.7. The summed E-state index contributed by atoms with van der Waals surface area (Å²) < 4.78 is 11.7. The van der Waals surface area contributed by atoms with Gasteiger partial charge in [0.2, 0.25) is 5.91 Å². The highest BCUT2D eigenvalue weighted by Gasteiger charge is 2.36. The molecule has 1 aliphatic heterocycles. The molecule has 1 unspecified atom stereocenters. The summed E-state index contributed by atoms with van der Waals surface area (Å²) in [6.07, 6.45) is 7.75. The van der Waals surface area contributed by atoms with E-state index in [2.05, 4.69) is 83.7 Å². The minimum absolute atomic E-state index is 0.103. The predicted molar refractivity (Wildman–Crippen MR) is 185 cm³/mol. The first-order chi connectivity index (χ1) is 22.6. The highest BCUT2D eigenvalue weighted by atomic mass is 16.5. The maximum Gasteiger partial charge on any atom is 0.249 e. The summed E-state index contributed by atoms with van der Waals surface area (Å²) in [6, 6.07) is 30.8. The lowest BCUT2D eigenvalue weighted by molar-refractivity contribution is -0.120. The number of carbonyl (C=O) groups excluding carboxylic acids is 1. The number of rotatable bonds is 9. The van der Waals surface area contributed by atoms with Gasteiger partial charge in [-0.1, -0.05) is 105 Å². The number of carbonyl (C=O) groups is 1. The molecular formula is C39H42N4O3. The van der Waals surface area contributed by atoms with Crippen molar-refractivity contribution in [1.29, 1.82) is 0 Å². The van der Waals surface area contributed by atoms with Gasteiger partial charge >= 0.3 is 0 Å². The zero-order chi connectivity index (χ0) is 31.5. The van der Waals surface area contributed by atoms with Crippen LogP contribution in [0.25, 0.3) is 22.1 Å². The number of nitrogens with zero attached hydrogens (tertiary/aromatic N) is 3. The Bertz CT molecular complexity index is 1810. The standard InChI is InChI=1S/C39H42N4O3/c1-2-29-15-9-10-16-32(29)30-17-19-34-37(24-30)45-22-21-42(34)39(44)35(23-27-11-5-3-6-12-27)43(26-28-13-7-4-8-14-28)31-18-20-36-33(25-31)38(40)41-46-36/h4,7-10,13-20,24-25,27,35H,2-3,5-6,11-12,21-23,26H2,1H3,(H2,40,41). The van der Waals surface area contributed by atoms with Crippen LogP contribution in [-0.2, 0) is 17.8 Å². The van der Waals surface area contributed by atoms with Gasteiger partial charge < -0.3 is 24.8 Å². The monoisotopic (exact) mass is 614 g/mol. The molecule has 0 radical (unpaired) electrons. The molecule has 1 aromatic heterocycles. The van der Waals surface area contributed by atoms with Crippen LogP contribution in [0.2, 0.25) is 0 Å². The summed E-state index contributed by atoms with van der Waals surface area (Å²) in [4.78, 5) is 19.3. The Morgan fingerprint density at radius 1 is 0.978 bits per heavy atom. The Labute approximate surface area is 270 Å². The van der Waals surface area contributed by atoms with Crippen LogP contribution in [-0.4, -0.2) is 30.3 Å². The van der Waals surface area contributed by atoms with E-state index < -0.39 is 0 Å². The fraction of sp³-hybridized carbons (Fsp3) is 0.333. The number of fused-ring (bicyclic) bond motifs is 2. The van der Waals surface area contributed by atoms with Crippen LogP contribution in [0.15, 0.2) is 95.5 Å². The maximum absolute atomic E-state index is 15.0. The lowest BCUT2D eigenvalue weighted by Crippen LogP contribution is -2.52. The molecule has 7 heteroatoms. The van der Waals surface area contributed by atoms with E-state index >= 15 is 4.79 Å². The molecule has 1 amide bonds. The van der Waals surface area contributed by atoms with Crippen LogP contribution >= 0.6 is 0 Å². The number of ether oxygens (including phenoxy) is 1. The highest BCUT2D eigenvalue weighted by molar-refractivity contribution is 6.01. The lowest BCUT2D eigenvalue weighted by atomic mass is 9.84. The smallest absolute Gasteiger partial charge is 0.249 e. The van der Waals surface area contributed by atoms with E-state index in [0.29, 0.717) is 37.0 Å². The topological polar surface area (TPSA) is 84.8 Å². The third-order valence-electron chi connectivity index (χ3n) is 9.75. The van der Waals surface area contributed by atoms with Crippen molar-refractivity contribution in [3.63, 3.8) is 0 Å². The molecule has 1 fully saturated rings. The number of aromatic nitrogens is 1. The molecule has 2 heterocycles. The largest absolute Gasteiger partial charge is 0.490 e. The fourth-order valence-corrected chi connectivity index (χ4v) is 7.29. The van der Waals surface area contributed by atoms with Gasteiger partial charge in [-0.2, -0.15) is 0 Å². The molecular weight excluding hydrogens is 572 g/mol. The molecule has 0 saturated heterocycles. The molecule has 1 atom stereocenters. The number of amides is 1. The Morgan fingerprint density at radius 2 is 1.78 bits per heavy atom. The second-order valence-corrected chi connectivity index (χ2v) is 12.6. The molecule has 0 bridgehead atoms. The Hall–Kier alpha value is -4.78. The molecule has 7 nitrogen and oxygen atoms in total. The molecule has 2 N–H and O–H groups in total. The highest BCUT2D eigenvalue weighted by Crippen LogP contribution is 2.39. The van der Waals surface area contributed by atoms with E-state index in [-0.39, 0.29) is 11.9 Å². The van der Waals surface area contributed by atoms with Crippen LogP contribution in [0, 0.1) is 5.92 Å². The zero-order valence-electron chi connectivity index (χ0n) is 26.5. The van der Waals surface area contributed by atoms with Gasteiger partial charge in [0.05, 0.1) is 17.6 Å². The molecule has 1 aliphatic carbocycles. The van der Waals surface area contributed by atoms with E-state index in [1.807, 2.05) is 29.2 Å². The summed E-state index contributed by atoms with van der Waals surface area (Å²) >= 11 is 0. The quantitative estimate of drug-likeness (QED) is 0.179. The molecule has 0 spiro atoms. The molecule has 5 aromatic rings. The van der Waals surface area contributed by atoms with Crippen LogP contribution < -0.4 is 20.3 Å². The van der Waals surface area contributed by atoms with Crippen molar-refractivity contribution in [2.24, 2.45) is 5.92 Å². The number of nitrogens with two attached hydrogens (primary N) is 1. The maximum atomic E-state index is 15.0. The Balaban J connectivity index is 1.29. The average molecular weight is 615 g/mol. The fourth-order valence-electron chi connectivity index (χ4n) is 7.29. The van der Waals surface area contributed by atoms with Crippen molar-refractivity contribution in [2.45, 2.75) is 64.5 Å². The van der Waals surface area contributed by atoms with E-state index in [4.69, 9.17) is 15.0 Å². The number of anilines is 3. The van der Waals surface area contributed by atoms with Gasteiger partial charge in [-0.05, 0) is 71.3 Å². The van der Waals surface area contributed by atoms with Gasteiger partial charge in [0.1, 0.15) is 18.4 Å². The average Bonchev–Trinajstić information content (AvgIpc) is 3.49. The van der Waals surface area contributed by atoms with Gasteiger partial charge in [0.15, 0.2) is 11.4 Å². The summed E-state index contributed by atoms with van der Waals surface area (Å²) in [5, 5.41) is 4.75. The van der Waals surface area contributed by atoms with Gasteiger partial charge in [-0.25, -0.2) is 0 Å². The second-order valence-electron chi connectivity index (χ2n) is 12.6. The van der Waals surface area contributed by atoms with Gasteiger partial charge in [-0.3, -0.25) is 4.79 Å². The number of nitrogen functional groups attached to an aromatic ring is 1. The van der Waals surface area contributed by atoms with E-state index in [1.54, 1.807) is 0 Å². The van der Waals surface area contributed by atoms with Crippen LogP contribution in [0.1, 0.15) is 56.6 Å². The number of hydrogen-bond donors (Lipinski definition) is 1. The SMILES string of the molecule is CCc1ccccc1-c1ccc2c(c1)OCCN2C(=O)C(CC1CCCCC1)N(Cc1ccccc1)c1ccc2onc(N)c2c1. The minimum atomic E-state index is -0.381. The van der Waals surface area contributed by atoms with E-state index in [0.717, 1.165) is 59.3 Å². The van der Waals surface area contributed by atoms with Crippen LogP contribution in [0.5, 0.6) is 5.75 Å². The Morgan fingerprint density at radius 3 is 2.61 bits per heavy atom. The zero-order valence-corrected chi connectivity index (χ0v) is 26.5. The van der Waals surface area contributed by atoms with Crippen molar-refractivity contribution in [3.05, 3.63) is 102 Å². The van der Waals surface area contributed by atoms with Crippen molar-refractivity contribution in [3.8, 4) is 16.9 Å². The molecule has 236 valence electrons. The minimum Gasteiger partial charge on any atom is -0.490 e. The molecule has 4 aromatic carbocycles. The Kier molecular flexibility index (Phi) is 8.64. The summed E-state index contributed by atoms with van der Waals surface area (Å²) in [6.45, 7) is 3.73. The van der Waals surface area contributed by atoms with Crippen molar-refractivity contribution in [1.82, 2.24) is 5.16 Å². The number of aryl methyl sites for hydroxylation is 1. The second kappa shape index (κ2) is 13.3. The number of hydrogen-bond acceptors (Lipinski definition) is 6. The third-order valence-corrected chi connectivity index (χ3v) is 9.75. The van der Waals surface area contributed by atoms with Crippen molar-refractivity contribution >= 4 is 34.1 Å². The van der Waals surface area contributed by atoms with Crippen LogP contribution in [0.4, 0.5) is 17.2 Å². The predicted octanol–water partition coefficient (Wildman–Crippen LogP) is 8.41. The molecule has 7 rings (SSSR count). The third kappa shape index (κ3) is 6.06. The first-order valence-electron chi connectivity index (χ1n) is 16.7. The van der Waals surface area contributed by atoms with Crippen LogP contribution in [0.3, 0.4) is 0 Å². The summed E-state index contributed by atoms with van der Waals surface area (Å²) in [5.41, 5.74) is 13.4. The molecule has 46 heavy (non-hydrogen) atoms. The van der Waals surface area contributed by atoms with Crippen molar-refractivity contribution in [2.75, 3.05) is 28.7 Å². The summed E-state index contributed by atoms with van der Waals surface area (Å²) in [7, 11) is 0. The summed E-state index contributed by atoms with van der Waals surface area (Å²) in [5.74, 6) is 1.70. The molecule has 1 saturated carbocycles. The van der Waals surface area contributed by atoms with E-state index in [1.165, 1.54) is 30.4 Å². The first kappa shape index (κ1) is 29.9. The number of benzene rings is 4. The van der Waals surface area contributed by atoms with Gasteiger partial charge in [0, 0.05) is 12.2 Å². The van der Waals surface area contributed by atoms with E-state index in [9.17, 15) is 0 Å². The lowest BCUT2D eigenvalue weighted by Gasteiger charge is -2.40. The first-order valence-corrected chi connectivity index (χ1v) is 16.7. The van der Waals surface area contributed by atoms with Gasteiger partial charge in [0.25, 0.3) is 0 Å². The molecule has 2 aliphatic rings. The van der Waals surface area contributed by atoms with Gasteiger partial charge in [-0.15, -0.1) is 0 Å². The van der Waals surface area contributed by atoms with Crippen molar-refractivity contribution < 1.29 is 14.1 Å².